The van der Waals surface area contributed by atoms with Crippen LogP contribution in [-0.2, 0) is 4.79 Å². The molecule has 1 heterocycles. The summed E-state index contributed by atoms with van der Waals surface area (Å²) < 4.78 is 13.2. The molecule has 2 amide bonds. The molecule has 1 unspecified atom stereocenters. The molecule has 5 nitrogen and oxygen atoms in total. The Morgan fingerprint density at radius 2 is 2.19 bits per heavy atom. The van der Waals surface area contributed by atoms with Crippen molar-refractivity contribution in [3.8, 4) is 0 Å². The minimum Gasteiger partial charge on any atom is -0.481 e. The predicted molar refractivity (Wildman–Crippen MR) is 76.8 cm³/mol. The lowest BCUT2D eigenvalue weighted by molar-refractivity contribution is -0.138. The zero-order valence-corrected chi connectivity index (χ0v) is 11.9. The number of hydrogen-bond acceptors (Lipinski definition) is 2. The van der Waals surface area contributed by atoms with Crippen LogP contribution in [0.2, 0.25) is 0 Å². The van der Waals surface area contributed by atoms with E-state index in [1.54, 1.807) is 17.9 Å². The largest absolute Gasteiger partial charge is 0.481 e. The van der Waals surface area contributed by atoms with Crippen LogP contribution < -0.4 is 5.32 Å². The standard InChI is InChI=1S/C15H19FN2O3/c1-10-5-6-11(16)8-13(10)17-15(21)18-7-3-2-4-12(18)9-14(19)20/h5-6,8,12H,2-4,7,9H2,1H3,(H,17,21)(H,19,20). The van der Waals surface area contributed by atoms with Gasteiger partial charge in [0.15, 0.2) is 0 Å². The van der Waals surface area contributed by atoms with Crippen molar-refractivity contribution in [3.63, 3.8) is 0 Å². The highest BCUT2D eigenvalue weighted by Crippen LogP contribution is 2.22. The van der Waals surface area contributed by atoms with Crippen LogP contribution in [0.4, 0.5) is 14.9 Å². The Morgan fingerprint density at radius 3 is 2.90 bits per heavy atom. The molecule has 0 aromatic heterocycles. The van der Waals surface area contributed by atoms with Gasteiger partial charge in [0.2, 0.25) is 0 Å². The van der Waals surface area contributed by atoms with Crippen LogP contribution in [0.5, 0.6) is 0 Å². The van der Waals surface area contributed by atoms with Crippen LogP contribution >= 0.6 is 0 Å². The number of amides is 2. The van der Waals surface area contributed by atoms with Gasteiger partial charge in [0, 0.05) is 18.3 Å². The average molecular weight is 294 g/mol. The van der Waals surface area contributed by atoms with Crippen molar-refractivity contribution in [1.29, 1.82) is 0 Å². The van der Waals surface area contributed by atoms with Crippen molar-refractivity contribution in [2.24, 2.45) is 0 Å². The average Bonchev–Trinajstić information content (AvgIpc) is 2.42. The molecule has 6 heteroatoms. The van der Waals surface area contributed by atoms with Gasteiger partial charge in [-0.15, -0.1) is 0 Å². The second-order valence-electron chi connectivity index (χ2n) is 5.33. The summed E-state index contributed by atoms with van der Waals surface area (Å²) in [5.74, 6) is -1.33. The van der Waals surface area contributed by atoms with E-state index in [-0.39, 0.29) is 18.5 Å². The van der Waals surface area contributed by atoms with Gasteiger partial charge >= 0.3 is 12.0 Å². The number of carboxylic acid groups (broad SMARTS) is 1. The third-order valence-corrected chi connectivity index (χ3v) is 3.74. The molecule has 114 valence electrons. The molecule has 2 N–H and O–H groups in total. The summed E-state index contributed by atoms with van der Waals surface area (Å²) in [4.78, 5) is 24.8. The molecule has 0 radical (unpaired) electrons. The van der Waals surface area contributed by atoms with E-state index in [1.807, 2.05) is 0 Å². The summed E-state index contributed by atoms with van der Waals surface area (Å²) in [5.41, 5.74) is 1.18. The van der Waals surface area contributed by atoms with Crippen LogP contribution in [0.15, 0.2) is 18.2 Å². The maximum absolute atomic E-state index is 13.2. The van der Waals surface area contributed by atoms with E-state index < -0.39 is 11.8 Å². The number of anilines is 1. The lowest BCUT2D eigenvalue weighted by Crippen LogP contribution is -2.46. The molecule has 1 atom stereocenters. The maximum Gasteiger partial charge on any atom is 0.322 e. The number of hydrogen-bond donors (Lipinski definition) is 2. The summed E-state index contributed by atoms with van der Waals surface area (Å²) in [6.45, 7) is 2.30. The quantitative estimate of drug-likeness (QED) is 0.900. The summed E-state index contributed by atoms with van der Waals surface area (Å²) in [5, 5.41) is 11.6. The number of carbonyl (C=O) groups is 2. The van der Waals surface area contributed by atoms with Crippen molar-refractivity contribution in [2.75, 3.05) is 11.9 Å². The highest BCUT2D eigenvalue weighted by atomic mass is 19.1. The number of aliphatic carboxylic acids is 1. The molecule has 1 aliphatic heterocycles. The van der Waals surface area contributed by atoms with E-state index in [0.29, 0.717) is 18.7 Å². The minimum atomic E-state index is -0.915. The van der Waals surface area contributed by atoms with Gasteiger partial charge < -0.3 is 15.3 Å². The first kappa shape index (κ1) is 15.3. The van der Waals surface area contributed by atoms with Gasteiger partial charge in [0.05, 0.1) is 6.42 Å². The Bertz CT molecular complexity index is 548. The highest BCUT2D eigenvalue weighted by Gasteiger charge is 2.28. The number of urea groups is 1. The van der Waals surface area contributed by atoms with Crippen LogP contribution in [0, 0.1) is 12.7 Å². The molecule has 1 aliphatic rings. The molecule has 0 bridgehead atoms. The first-order valence-electron chi connectivity index (χ1n) is 7.03. The van der Waals surface area contributed by atoms with Gasteiger partial charge in [0.25, 0.3) is 0 Å². The molecular weight excluding hydrogens is 275 g/mol. The summed E-state index contributed by atoms with van der Waals surface area (Å²) >= 11 is 0. The van der Waals surface area contributed by atoms with Crippen LogP contribution in [0.25, 0.3) is 0 Å². The van der Waals surface area contributed by atoms with Gasteiger partial charge in [0.1, 0.15) is 5.82 Å². The number of piperidine rings is 1. The normalized spacial score (nSPS) is 18.4. The highest BCUT2D eigenvalue weighted by molar-refractivity contribution is 5.90. The van der Waals surface area contributed by atoms with E-state index in [0.717, 1.165) is 18.4 Å². The number of carboxylic acids is 1. The Kier molecular flexibility index (Phi) is 4.77. The molecule has 0 aliphatic carbocycles. The van der Waals surface area contributed by atoms with E-state index >= 15 is 0 Å². The molecule has 1 fully saturated rings. The summed E-state index contributed by atoms with van der Waals surface area (Å²) in [6, 6.07) is 3.53. The topological polar surface area (TPSA) is 69.6 Å². The third kappa shape index (κ3) is 3.93. The van der Waals surface area contributed by atoms with Crippen LogP contribution in [0.3, 0.4) is 0 Å². The van der Waals surface area contributed by atoms with Gasteiger partial charge in [-0.05, 0) is 43.9 Å². The zero-order chi connectivity index (χ0) is 15.4. The van der Waals surface area contributed by atoms with Gasteiger partial charge in [-0.2, -0.15) is 0 Å². The minimum absolute atomic E-state index is 0.0600. The molecule has 0 saturated carbocycles. The molecule has 1 aromatic rings. The second-order valence-corrected chi connectivity index (χ2v) is 5.33. The fraction of sp³-hybridized carbons (Fsp3) is 0.467. The maximum atomic E-state index is 13.2. The van der Waals surface area contributed by atoms with Crippen molar-refractivity contribution in [2.45, 2.75) is 38.6 Å². The second kappa shape index (κ2) is 6.56. The van der Waals surface area contributed by atoms with Crippen molar-refractivity contribution >= 4 is 17.7 Å². The van der Waals surface area contributed by atoms with E-state index in [1.165, 1.54) is 12.1 Å². The number of rotatable bonds is 3. The number of nitrogens with zero attached hydrogens (tertiary/aromatic N) is 1. The Labute approximate surface area is 122 Å². The number of halogens is 1. The molecule has 2 rings (SSSR count). The lowest BCUT2D eigenvalue weighted by atomic mass is 10.00. The fourth-order valence-corrected chi connectivity index (χ4v) is 2.60. The molecular formula is C15H19FN2O3. The number of benzene rings is 1. The van der Waals surface area contributed by atoms with E-state index in [2.05, 4.69) is 5.32 Å². The monoisotopic (exact) mass is 294 g/mol. The molecule has 1 aromatic carbocycles. The fourth-order valence-electron chi connectivity index (χ4n) is 2.60. The number of carbonyl (C=O) groups excluding carboxylic acids is 1. The molecule has 1 saturated heterocycles. The third-order valence-electron chi connectivity index (χ3n) is 3.74. The van der Waals surface area contributed by atoms with E-state index in [4.69, 9.17) is 5.11 Å². The number of aryl methyl sites for hydroxylation is 1. The Hall–Kier alpha value is -2.11. The molecule has 0 spiro atoms. The number of likely N-dealkylation sites (tertiary alicyclic amines) is 1. The smallest absolute Gasteiger partial charge is 0.322 e. The summed E-state index contributed by atoms with van der Waals surface area (Å²) in [7, 11) is 0. The van der Waals surface area contributed by atoms with Gasteiger partial charge in [-0.3, -0.25) is 4.79 Å². The van der Waals surface area contributed by atoms with Crippen molar-refractivity contribution < 1.29 is 19.1 Å². The Balaban J connectivity index is 2.10. The SMILES string of the molecule is Cc1ccc(F)cc1NC(=O)N1CCCCC1CC(=O)O. The van der Waals surface area contributed by atoms with Gasteiger partial charge in [-0.25, -0.2) is 9.18 Å². The summed E-state index contributed by atoms with van der Waals surface area (Å²) in [6.07, 6.45) is 2.39. The molecule has 21 heavy (non-hydrogen) atoms. The Morgan fingerprint density at radius 1 is 1.43 bits per heavy atom. The van der Waals surface area contributed by atoms with Gasteiger partial charge in [-0.1, -0.05) is 6.07 Å². The van der Waals surface area contributed by atoms with Crippen LogP contribution in [-0.4, -0.2) is 34.6 Å². The van der Waals surface area contributed by atoms with Crippen molar-refractivity contribution in [1.82, 2.24) is 4.90 Å². The zero-order valence-electron chi connectivity index (χ0n) is 11.9. The van der Waals surface area contributed by atoms with Crippen LogP contribution in [0.1, 0.15) is 31.2 Å². The van der Waals surface area contributed by atoms with E-state index in [9.17, 15) is 14.0 Å². The van der Waals surface area contributed by atoms with Crippen molar-refractivity contribution in [3.05, 3.63) is 29.6 Å². The first-order chi connectivity index (χ1) is 9.97. The number of nitrogens with one attached hydrogen (secondary N) is 1. The lowest BCUT2D eigenvalue weighted by Gasteiger charge is -2.35. The predicted octanol–water partition coefficient (Wildman–Crippen LogP) is 3.00. The first-order valence-corrected chi connectivity index (χ1v) is 7.03.